The maximum atomic E-state index is 12.5. The van der Waals surface area contributed by atoms with Gasteiger partial charge in [-0.3, -0.25) is 4.79 Å². The summed E-state index contributed by atoms with van der Waals surface area (Å²) < 4.78 is 0. The Kier molecular flexibility index (Phi) is 3.55. The molecular weight excluding hydrogens is 248 g/mol. The summed E-state index contributed by atoms with van der Waals surface area (Å²) in [4.78, 5) is 12.5. The molecule has 0 radical (unpaired) electrons. The molecule has 0 aromatic heterocycles. The van der Waals surface area contributed by atoms with Crippen molar-refractivity contribution < 1.29 is 4.79 Å². The molecule has 3 heteroatoms. The molecule has 108 valence electrons. The Morgan fingerprint density at radius 2 is 2.00 bits per heavy atom. The Morgan fingerprint density at radius 1 is 1.30 bits per heavy atom. The first-order valence-corrected chi connectivity index (χ1v) is 7.73. The van der Waals surface area contributed by atoms with Gasteiger partial charge in [0.25, 0.3) is 0 Å². The summed E-state index contributed by atoms with van der Waals surface area (Å²) in [7, 11) is 0. The van der Waals surface area contributed by atoms with Gasteiger partial charge in [0, 0.05) is 11.6 Å². The van der Waals surface area contributed by atoms with Gasteiger partial charge >= 0.3 is 0 Å². The molecule has 1 spiro atoms. The smallest absolute Gasteiger partial charge is 0.228 e. The van der Waals surface area contributed by atoms with Gasteiger partial charge in [-0.25, -0.2) is 0 Å². The van der Waals surface area contributed by atoms with E-state index in [1.807, 2.05) is 18.2 Å². The van der Waals surface area contributed by atoms with E-state index in [-0.39, 0.29) is 11.8 Å². The molecule has 1 atom stereocenters. The normalized spacial score (nSPS) is 23.9. The van der Waals surface area contributed by atoms with E-state index in [4.69, 9.17) is 0 Å². The van der Waals surface area contributed by atoms with Crippen LogP contribution in [0.15, 0.2) is 24.3 Å². The van der Waals surface area contributed by atoms with Crippen molar-refractivity contribution in [2.45, 2.75) is 39.0 Å². The second kappa shape index (κ2) is 5.21. The third kappa shape index (κ3) is 2.47. The zero-order valence-electron chi connectivity index (χ0n) is 12.4. The van der Waals surface area contributed by atoms with Gasteiger partial charge in [-0.1, -0.05) is 32.0 Å². The quantitative estimate of drug-likeness (QED) is 0.887. The lowest BCUT2D eigenvalue weighted by atomic mass is 9.91. The third-order valence-electron chi connectivity index (χ3n) is 4.95. The summed E-state index contributed by atoms with van der Waals surface area (Å²) in [5, 5.41) is 6.55. The SMILES string of the molecule is CC(C)c1ccccc1NC(=O)C1CC12CCNCC2. The van der Waals surface area contributed by atoms with Crippen LogP contribution in [0.5, 0.6) is 0 Å². The van der Waals surface area contributed by atoms with E-state index in [2.05, 4.69) is 30.5 Å². The molecule has 1 aliphatic carbocycles. The first-order valence-electron chi connectivity index (χ1n) is 7.73. The number of carbonyl (C=O) groups is 1. The van der Waals surface area contributed by atoms with Crippen LogP contribution in [0.2, 0.25) is 0 Å². The van der Waals surface area contributed by atoms with Gasteiger partial charge in [-0.05, 0) is 55.3 Å². The number of piperidine rings is 1. The molecule has 2 aliphatic rings. The molecule has 1 aromatic rings. The van der Waals surface area contributed by atoms with E-state index >= 15 is 0 Å². The summed E-state index contributed by atoms with van der Waals surface area (Å²) in [6, 6.07) is 8.16. The highest BCUT2D eigenvalue weighted by Gasteiger charge is 2.57. The van der Waals surface area contributed by atoms with Gasteiger partial charge in [0.05, 0.1) is 0 Å². The van der Waals surface area contributed by atoms with Gasteiger partial charge in [0.15, 0.2) is 0 Å². The minimum absolute atomic E-state index is 0.222. The molecule has 1 aliphatic heterocycles. The van der Waals surface area contributed by atoms with Crippen LogP contribution >= 0.6 is 0 Å². The minimum Gasteiger partial charge on any atom is -0.326 e. The van der Waals surface area contributed by atoms with Crippen molar-refractivity contribution in [2.75, 3.05) is 18.4 Å². The largest absolute Gasteiger partial charge is 0.326 e. The molecule has 2 fully saturated rings. The first-order chi connectivity index (χ1) is 9.62. The highest BCUT2D eigenvalue weighted by atomic mass is 16.2. The molecular formula is C17H24N2O. The predicted octanol–water partition coefficient (Wildman–Crippen LogP) is 3.14. The summed E-state index contributed by atoms with van der Waals surface area (Å²) in [6.45, 7) is 6.45. The molecule has 1 amide bonds. The number of carbonyl (C=O) groups excluding carboxylic acids is 1. The van der Waals surface area contributed by atoms with Gasteiger partial charge in [-0.2, -0.15) is 0 Å². The Morgan fingerprint density at radius 3 is 2.70 bits per heavy atom. The molecule has 2 N–H and O–H groups in total. The fourth-order valence-electron chi connectivity index (χ4n) is 3.53. The maximum Gasteiger partial charge on any atom is 0.228 e. The fourth-order valence-corrected chi connectivity index (χ4v) is 3.53. The van der Waals surface area contributed by atoms with E-state index in [0.717, 1.165) is 38.0 Å². The van der Waals surface area contributed by atoms with Crippen molar-refractivity contribution in [3.63, 3.8) is 0 Å². The number of nitrogens with one attached hydrogen (secondary N) is 2. The van der Waals surface area contributed by atoms with Crippen LogP contribution in [0.25, 0.3) is 0 Å². The lowest BCUT2D eigenvalue weighted by Gasteiger charge is -2.23. The lowest BCUT2D eigenvalue weighted by Crippen LogP contribution is -2.31. The lowest BCUT2D eigenvalue weighted by molar-refractivity contribution is -0.118. The van der Waals surface area contributed by atoms with Crippen LogP contribution in [-0.2, 0) is 4.79 Å². The van der Waals surface area contributed by atoms with E-state index in [1.165, 1.54) is 5.56 Å². The number of hydrogen-bond donors (Lipinski definition) is 2. The van der Waals surface area contributed by atoms with Gasteiger partial charge in [0.2, 0.25) is 5.91 Å². The van der Waals surface area contributed by atoms with Gasteiger partial charge in [-0.15, -0.1) is 0 Å². The fraction of sp³-hybridized carbons (Fsp3) is 0.588. The van der Waals surface area contributed by atoms with E-state index < -0.39 is 0 Å². The standard InChI is InChI=1S/C17H24N2O/c1-12(2)13-5-3-4-6-15(13)19-16(20)14-11-17(14)7-9-18-10-8-17/h3-6,12,14,18H,7-11H2,1-2H3,(H,19,20). The van der Waals surface area contributed by atoms with Crippen molar-refractivity contribution in [2.24, 2.45) is 11.3 Å². The molecule has 1 unspecified atom stereocenters. The molecule has 1 saturated heterocycles. The molecule has 20 heavy (non-hydrogen) atoms. The second-order valence-electron chi connectivity index (χ2n) is 6.60. The van der Waals surface area contributed by atoms with Crippen molar-refractivity contribution in [1.29, 1.82) is 0 Å². The molecule has 0 bridgehead atoms. The van der Waals surface area contributed by atoms with Crippen LogP contribution in [0.3, 0.4) is 0 Å². The molecule has 1 saturated carbocycles. The third-order valence-corrected chi connectivity index (χ3v) is 4.95. The number of anilines is 1. The molecule has 1 heterocycles. The zero-order chi connectivity index (χ0) is 14.2. The Balaban J connectivity index is 1.68. The monoisotopic (exact) mass is 272 g/mol. The van der Waals surface area contributed by atoms with E-state index in [9.17, 15) is 4.79 Å². The number of amides is 1. The van der Waals surface area contributed by atoms with Gasteiger partial charge in [0.1, 0.15) is 0 Å². The molecule has 3 rings (SSSR count). The second-order valence-corrected chi connectivity index (χ2v) is 6.60. The van der Waals surface area contributed by atoms with Crippen molar-refractivity contribution >= 4 is 11.6 Å². The summed E-state index contributed by atoms with van der Waals surface area (Å²) in [6.07, 6.45) is 3.37. The topological polar surface area (TPSA) is 41.1 Å². The maximum absolute atomic E-state index is 12.5. The zero-order valence-corrected chi connectivity index (χ0v) is 12.4. The number of hydrogen-bond acceptors (Lipinski definition) is 2. The number of para-hydroxylation sites is 1. The van der Waals surface area contributed by atoms with Crippen molar-refractivity contribution in [3.8, 4) is 0 Å². The molecule has 1 aromatic carbocycles. The van der Waals surface area contributed by atoms with Crippen LogP contribution in [0.4, 0.5) is 5.69 Å². The van der Waals surface area contributed by atoms with Crippen molar-refractivity contribution in [1.82, 2.24) is 5.32 Å². The van der Waals surface area contributed by atoms with Crippen LogP contribution in [-0.4, -0.2) is 19.0 Å². The minimum atomic E-state index is 0.222. The average Bonchev–Trinajstić information content (AvgIpc) is 3.13. The predicted molar refractivity (Wildman–Crippen MR) is 81.8 cm³/mol. The highest BCUT2D eigenvalue weighted by molar-refractivity contribution is 5.95. The Bertz CT molecular complexity index is 503. The average molecular weight is 272 g/mol. The van der Waals surface area contributed by atoms with Crippen LogP contribution < -0.4 is 10.6 Å². The van der Waals surface area contributed by atoms with Crippen LogP contribution in [0.1, 0.15) is 44.6 Å². The van der Waals surface area contributed by atoms with Gasteiger partial charge < -0.3 is 10.6 Å². The number of benzene rings is 1. The summed E-state index contributed by atoms with van der Waals surface area (Å²) >= 11 is 0. The number of rotatable bonds is 3. The Labute approximate surface area is 121 Å². The van der Waals surface area contributed by atoms with E-state index in [1.54, 1.807) is 0 Å². The summed E-state index contributed by atoms with van der Waals surface area (Å²) in [5.41, 5.74) is 2.52. The summed E-state index contributed by atoms with van der Waals surface area (Å²) in [5.74, 6) is 0.878. The van der Waals surface area contributed by atoms with E-state index in [0.29, 0.717) is 11.3 Å². The first kappa shape index (κ1) is 13.6. The van der Waals surface area contributed by atoms with Crippen molar-refractivity contribution in [3.05, 3.63) is 29.8 Å². The highest BCUT2D eigenvalue weighted by Crippen LogP contribution is 2.58. The Hall–Kier alpha value is -1.35. The van der Waals surface area contributed by atoms with Crippen LogP contribution in [0, 0.1) is 11.3 Å². The molecule has 3 nitrogen and oxygen atoms in total.